The van der Waals surface area contributed by atoms with Crippen LogP contribution >= 0.6 is 0 Å². The zero-order valence-corrected chi connectivity index (χ0v) is 37.6. The molecule has 14 nitrogen and oxygen atoms in total. The van der Waals surface area contributed by atoms with Gasteiger partial charge in [-0.05, 0) is 60.9 Å². The monoisotopic (exact) mass is 899 g/mol. The van der Waals surface area contributed by atoms with Gasteiger partial charge in [0.2, 0.25) is 21.8 Å². The van der Waals surface area contributed by atoms with Gasteiger partial charge in [-0.1, -0.05) is 106 Å². The average Bonchev–Trinajstić information content (AvgIpc) is 4.20. The van der Waals surface area contributed by atoms with Crippen LogP contribution in [-0.4, -0.2) is 84.2 Å². The van der Waals surface area contributed by atoms with Crippen LogP contribution in [0.1, 0.15) is 52.0 Å². The fourth-order valence-electron chi connectivity index (χ4n) is 8.58. The highest BCUT2D eigenvalue weighted by Gasteiger charge is 2.63. The minimum atomic E-state index is -4.19. The number of methoxy groups -OCH3 is 1. The van der Waals surface area contributed by atoms with Crippen molar-refractivity contribution in [3.05, 3.63) is 133 Å². The Kier molecular flexibility index (Phi) is 12.2. The van der Waals surface area contributed by atoms with E-state index in [4.69, 9.17) is 19.2 Å². The number of nitrogens with one attached hydrogen (secondary N) is 3. The molecule has 1 aliphatic heterocycles. The molecule has 5 unspecified atom stereocenters. The molecule has 0 radical (unpaired) electrons. The lowest BCUT2D eigenvalue weighted by Gasteiger charge is -2.35. The molecular weight excluding hydrogens is 847 g/mol. The number of likely N-dealkylation sites (tertiary alicyclic amines) is 1. The zero-order chi connectivity index (χ0) is 46.1. The number of sulfonamides is 1. The van der Waals surface area contributed by atoms with Gasteiger partial charge in [0.15, 0.2) is 0 Å². The normalized spacial score (nSPS) is 21.4. The van der Waals surface area contributed by atoms with Crippen LogP contribution in [0.4, 0.5) is 4.79 Å². The third-order valence-electron chi connectivity index (χ3n) is 12.5. The molecule has 8 rings (SSSR count). The number of carbonyl (C=O) groups excluding carboxylic acids is 4. The van der Waals surface area contributed by atoms with E-state index in [-0.39, 0.29) is 31.6 Å². The van der Waals surface area contributed by atoms with Crippen molar-refractivity contribution in [2.45, 2.75) is 81.3 Å². The number of fused-ring (bicyclic) bond motifs is 1. The largest absolute Gasteiger partial charge is 0.497 e. The number of aromatic nitrogens is 1. The second-order valence-electron chi connectivity index (χ2n) is 18.2. The van der Waals surface area contributed by atoms with Gasteiger partial charge >= 0.3 is 6.09 Å². The van der Waals surface area contributed by atoms with Gasteiger partial charge in [-0.15, -0.1) is 6.58 Å². The first kappa shape index (κ1) is 44.9. The van der Waals surface area contributed by atoms with Gasteiger partial charge in [0, 0.05) is 35.4 Å². The first-order valence-corrected chi connectivity index (χ1v) is 23.1. The van der Waals surface area contributed by atoms with Gasteiger partial charge in [-0.2, -0.15) is 0 Å². The maximum absolute atomic E-state index is 14.9. The first-order chi connectivity index (χ1) is 31.0. The average molecular weight is 900 g/mol. The molecule has 2 saturated carbocycles. The predicted molar refractivity (Wildman–Crippen MR) is 245 cm³/mol. The van der Waals surface area contributed by atoms with Crippen molar-refractivity contribution in [1.29, 1.82) is 0 Å². The van der Waals surface area contributed by atoms with E-state index in [0.717, 1.165) is 11.1 Å². The fourth-order valence-corrected chi connectivity index (χ4v) is 10.2. The highest BCUT2D eigenvalue weighted by atomic mass is 32.2. The van der Waals surface area contributed by atoms with Crippen LogP contribution in [0.3, 0.4) is 0 Å². The van der Waals surface area contributed by atoms with Crippen LogP contribution in [0.2, 0.25) is 0 Å². The summed E-state index contributed by atoms with van der Waals surface area (Å²) in [6, 6.07) is 32.0. The topological polar surface area (TPSA) is 182 Å². The molecule has 1 aromatic heterocycles. The van der Waals surface area contributed by atoms with E-state index in [1.807, 2.05) is 72.8 Å². The van der Waals surface area contributed by atoms with E-state index in [1.165, 1.54) is 11.0 Å². The summed E-state index contributed by atoms with van der Waals surface area (Å²) in [6.07, 6.45) is 0.952. The van der Waals surface area contributed by atoms with Crippen molar-refractivity contribution in [3.63, 3.8) is 0 Å². The molecule has 4 amide bonds. The van der Waals surface area contributed by atoms with E-state index < -0.39 is 73.6 Å². The molecule has 3 aliphatic rings. The van der Waals surface area contributed by atoms with Crippen molar-refractivity contribution in [3.8, 4) is 28.5 Å². The summed E-state index contributed by atoms with van der Waals surface area (Å²) in [5.74, 6) is -1.42. The maximum atomic E-state index is 14.9. The van der Waals surface area contributed by atoms with Gasteiger partial charge in [-0.3, -0.25) is 19.1 Å². The van der Waals surface area contributed by atoms with Crippen LogP contribution in [0.5, 0.6) is 17.2 Å². The molecule has 2 heterocycles. The number of amides is 4. The second kappa shape index (κ2) is 17.7. The lowest BCUT2D eigenvalue weighted by Crippen LogP contribution is -2.60. The summed E-state index contributed by atoms with van der Waals surface area (Å²) in [5, 5.41) is 6.28. The fraction of sp³-hybridized carbons (Fsp3) is 0.340. The molecule has 338 valence electrons. The zero-order valence-electron chi connectivity index (χ0n) is 36.8. The first-order valence-electron chi connectivity index (χ1n) is 21.6. The summed E-state index contributed by atoms with van der Waals surface area (Å²) in [7, 11) is -2.62. The van der Waals surface area contributed by atoms with E-state index in [9.17, 15) is 27.6 Å². The van der Waals surface area contributed by atoms with E-state index in [2.05, 4.69) is 21.9 Å². The molecule has 3 fully saturated rings. The quantitative estimate of drug-likeness (QED) is 0.0952. The van der Waals surface area contributed by atoms with Crippen molar-refractivity contribution in [2.75, 3.05) is 13.7 Å². The Balaban J connectivity index is 1.10. The number of rotatable bonds is 15. The number of para-hydroxylation sites is 1. The van der Waals surface area contributed by atoms with Gasteiger partial charge in [0.1, 0.15) is 41.0 Å². The molecule has 5 aromatic rings. The molecule has 0 spiro atoms. The van der Waals surface area contributed by atoms with Crippen molar-refractivity contribution >= 4 is 44.7 Å². The van der Waals surface area contributed by atoms with Crippen molar-refractivity contribution in [1.82, 2.24) is 25.2 Å². The molecule has 3 N–H and O–H groups in total. The Morgan fingerprint density at radius 2 is 1.57 bits per heavy atom. The molecule has 65 heavy (non-hydrogen) atoms. The van der Waals surface area contributed by atoms with E-state index >= 15 is 0 Å². The number of benzene rings is 4. The molecular formula is C50H53N5O9S. The van der Waals surface area contributed by atoms with Crippen LogP contribution in [0, 0.1) is 11.3 Å². The lowest BCUT2D eigenvalue weighted by atomic mass is 9.85. The summed E-state index contributed by atoms with van der Waals surface area (Å²) >= 11 is 0. The Morgan fingerprint density at radius 1 is 0.908 bits per heavy atom. The summed E-state index contributed by atoms with van der Waals surface area (Å²) in [4.78, 5) is 63.5. The van der Waals surface area contributed by atoms with Crippen molar-refractivity contribution in [2.24, 2.45) is 11.3 Å². The van der Waals surface area contributed by atoms with Crippen LogP contribution < -0.4 is 29.6 Å². The minimum absolute atomic E-state index is 0.0154. The van der Waals surface area contributed by atoms with Crippen LogP contribution in [0.25, 0.3) is 22.2 Å². The van der Waals surface area contributed by atoms with E-state index in [0.29, 0.717) is 40.9 Å². The number of carbonyl (C=O) groups is 4. The van der Waals surface area contributed by atoms with Gasteiger partial charge in [0.05, 0.1) is 29.6 Å². The Bertz CT molecular complexity index is 2730. The molecule has 15 heteroatoms. The lowest BCUT2D eigenvalue weighted by molar-refractivity contribution is -0.142. The minimum Gasteiger partial charge on any atom is -0.497 e. The smallest absolute Gasteiger partial charge is 0.413 e. The molecule has 4 aromatic carbocycles. The molecule has 2 aliphatic carbocycles. The van der Waals surface area contributed by atoms with Crippen LogP contribution in [-0.2, 0) is 30.8 Å². The van der Waals surface area contributed by atoms with Crippen molar-refractivity contribution < 1.29 is 41.8 Å². The standard InChI is InChI=1S/C50H53N5O9S/c1-6-34-30-50(34,46(58)54-65(60,61)49(24-25-49)29-32-16-10-7-11-17-32)53-44(56)41-27-37(31-55(41)45(57)43(48(2,3)4)52-47(59)64-35-20-14-9-15-21-35)63-42-28-39(33-18-12-8-13-19-33)51-40-26-36(62-5)22-23-38(40)42/h6-23,26,28,34,37,41,43H,1,24-25,27,29-31H2,2-5H3,(H,52,59)(H,53,56)(H,54,58). The summed E-state index contributed by atoms with van der Waals surface area (Å²) in [5.41, 5.74) is 0.364. The Hall–Kier alpha value is -6.74. The SMILES string of the molecule is C=CC1CC1(NC(=O)C1CC(Oc2cc(-c3ccccc3)nc3cc(OC)ccc23)CN1C(=O)C(NC(=O)Oc1ccccc1)C(C)(C)C)C(=O)NS(=O)(=O)C1(Cc2ccccc2)CC1. The van der Waals surface area contributed by atoms with Gasteiger partial charge in [0.25, 0.3) is 5.91 Å². The third kappa shape index (κ3) is 9.42. The molecule has 5 atom stereocenters. The van der Waals surface area contributed by atoms with Gasteiger partial charge in [-0.25, -0.2) is 18.2 Å². The van der Waals surface area contributed by atoms with Gasteiger partial charge < -0.3 is 29.7 Å². The highest BCUT2D eigenvalue weighted by molar-refractivity contribution is 7.91. The Morgan fingerprint density at radius 3 is 2.18 bits per heavy atom. The number of ether oxygens (including phenoxy) is 3. The second-order valence-corrected chi connectivity index (χ2v) is 20.2. The maximum Gasteiger partial charge on any atom is 0.413 e. The number of nitrogens with zero attached hydrogens (tertiary/aromatic N) is 2. The molecule has 1 saturated heterocycles. The van der Waals surface area contributed by atoms with Crippen LogP contribution in [0.15, 0.2) is 128 Å². The number of hydrogen-bond acceptors (Lipinski definition) is 10. The number of pyridine rings is 1. The third-order valence-corrected chi connectivity index (χ3v) is 14.7. The molecule has 0 bridgehead atoms. The summed E-state index contributed by atoms with van der Waals surface area (Å²) in [6.45, 7) is 9.12. The Labute approximate surface area is 378 Å². The predicted octanol–water partition coefficient (Wildman–Crippen LogP) is 6.74. The van der Waals surface area contributed by atoms with E-state index in [1.54, 1.807) is 70.3 Å². The number of hydrogen-bond donors (Lipinski definition) is 3. The highest BCUT2D eigenvalue weighted by Crippen LogP contribution is 2.49. The summed E-state index contributed by atoms with van der Waals surface area (Å²) < 4.78 is 46.8.